The molecule has 1 atom stereocenters. The SMILES string of the molecule is COc1ccc(S(=O)(=O)NCCC(=O)NC(C)c2cccc3ccccc23)cc1. The molecule has 7 heteroatoms. The third kappa shape index (κ3) is 5.13. The monoisotopic (exact) mass is 412 g/mol. The minimum absolute atomic E-state index is 0.0163. The summed E-state index contributed by atoms with van der Waals surface area (Å²) < 4.78 is 32.1. The summed E-state index contributed by atoms with van der Waals surface area (Å²) in [5.74, 6) is 0.355. The second-order valence-corrected chi connectivity index (χ2v) is 8.45. The maximum absolute atomic E-state index is 12.3. The smallest absolute Gasteiger partial charge is 0.240 e. The van der Waals surface area contributed by atoms with Gasteiger partial charge in [0.2, 0.25) is 15.9 Å². The lowest BCUT2D eigenvalue weighted by Crippen LogP contribution is -2.32. The lowest BCUT2D eigenvalue weighted by Gasteiger charge is -2.17. The van der Waals surface area contributed by atoms with Crippen LogP contribution in [0.3, 0.4) is 0 Å². The highest BCUT2D eigenvalue weighted by atomic mass is 32.2. The molecule has 0 radical (unpaired) electrons. The standard InChI is InChI=1S/C22H24N2O4S/c1-16(20-9-5-7-17-6-3-4-8-21(17)20)24-22(25)14-15-23-29(26,27)19-12-10-18(28-2)11-13-19/h3-13,16,23H,14-15H2,1-2H3,(H,24,25). The van der Waals surface area contributed by atoms with Crippen LogP contribution in [0.5, 0.6) is 5.75 Å². The topological polar surface area (TPSA) is 84.5 Å². The Labute approximate surface area is 170 Å². The van der Waals surface area contributed by atoms with Crippen molar-refractivity contribution in [3.63, 3.8) is 0 Å². The summed E-state index contributed by atoms with van der Waals surface area (Å²) in [5, 5.41) is 5.13. The van der Waals surface area contributed by atoms with Gasteiger partial charge in [-0.25, -0.2) is 13.1 Å². The van der Waals surface area contributed by atoms with Crippen molar-refractivity contribution in [2.75, 3.05) is 13.7 Å². The molecule has 0 aliphatic heterocycles. The first kappa shape index (κ1) is 20.8. The molecule has 3 aromatic rings. The Bertz CT molecular complexity index is 1090. The van der Waals surface area contributed by atoms with Gasteiger partial charge in [-0.2, -0.15) is 0 Å². The molecule has 0 aliphatic rings. The largest absolute Gasteiger partial charge is 0.497 e. The Kier molecular flexibility index (Phi) is 6.51. The molecule has 0 saturated heterocycles. The van der Waals surface area contributed by atoms with E-state index in [9.17, 15) is 13.2 Å². The molecule has 0 aliphatic carbocycles. The van der Waals surface area contributed by atoms with E-state index in [1.807, 2.05) is 49.4 Å². The number of ether oxygens (including phenoxy) is 1. The number of nitrogens with one attached hydrogen (secondary N) is 2. The number of rotatable bonds is 8. The van der Waals surface area contributed by atoms with Gasteiger partial charge in [0.25, 0.3) is 0 Å². The fourth-order valence-electron chi connectivity index (χ4n) is 3.16. The first-order valence-electron chi connectivity index (χ1n) is 9.31. The Balaban J connectivity index is 1.56. The van der Waals surface area contributed by atoms with Gasteiger partial charge in [-0.05, 0) is 47.5 Å². The van der Waals surface area contributed by atoms with Crippen LogP contribution in [-0.2, 0) is 14.8 Å². The molecule has 1 amide bonds. The summed E-state index contributed by atoms with van der Waals surface area (Å²) in [7, 11) is -2.16. The minimum atomic E-state index is -3.68. The van der Waals surface area contributed by atoms with E-state index in [1.54, 1.807) is 12.1 Å². The summed E-state index contributed by atoms with van der Waals surface area (Å²) in [6.07, 6.45) is 0.0461. The zero-order chi connectivity index (χ0) is 20.9. The molecule has 1 unspecified atom stereocenters. The summed E-state index contributed by atoms with van der Waals surface area (Å²) >= 11 is 0. The number of carbonyl (C=O) groups excluding carboxylic acids is 1. The Morgan fingerprint density at radius 1 is 1.00 bits per heavy atom. The van der Waals surface area contributed by atoms with E-state index >= 15 is 0 Å². The third-order valence-electron chi connectivity index (χ3n) is 4.68. The first-order valence-corrected chi connectivity index (χ1v) is 10.8. The van der Waals surface area contributed by atoms with Crippen LogP contribution >= 0.6 is 0 Å². The number of methoxy groups -OCH3 is 1. The minimum Gasteiger partial charge on any atom is -0.497 e. The van der Waals surface area contributed by atoms with Gasteiger partial charge < -0.3 is 10.1 Å². The lowest BCUT2D eigenvalue weighted by molar-refractivity contribution is -0.121. The molecule has 2 N–H and O–H groups in total. The second-order valence-electron chi connectivity index (χ2n) is 6.68. The predicted octanol–water partition coefficient (Wildman–Crippen LogP) is 3.39. The molecule has 3 aromatic carbocycles. The summed E-state index contributed by atoms with van der Waals surface area (Å²) in [6, 6.07) is 19.9. The normalized spacial score (nSPS) is 12.5. The van der Waals surface area contributed by atoms with Crippen LogP contribution in [0.1, 0.15) is 24.9 Å². The number of hydrogen-bond acceptors (Lipinski definition) is 4. The average molecular weight is 413 g/mol. The first-order chi connectivity index (χ1) is 13.9. The second kappa shape index (κ2) is 9.07. The van der Waals surface area contributed by atoms with Crippen LogP contribution < -0.4 is 14.8 Å². The van der Waals surface area contributed by atoms with Crippen molar-refractivity contribution in [3.05, 3.63) is 72.3 Å². The van der Waals surface area contributed by atoms with Gasteiger partial charge in [-0.1, -0.05) is 42.5 Å². The van der Waals surface area contributed by atoms with Gasteiger partial charge in [0.1, 0.15) is 5.75 Å². The number of hydrogen-bond donors (Lipinski definition) is 2. The number of fused-ring (bicyclic) bond motifs is 1. The molecule has 0 heterocycles. The van der Waals surface area contributed by atoms with E-state index in [1.165, 1.54) is 19.2 Å². The van der Waals surface area contributed by atoms with E-state index < -0.39 is 10.0 Å². The zero-order valence-electron chi connectivity index (χ0n) is 16.4. The van der Waals surface area contributed by atoms with Gasteiger partial charge in [0.05, 0.1) is 18.0 Å². The van der Waals surface area contributed by atoms with Crippen LogP contribution in [0.25, 0.3) is 10.8 Å². The Morgan fingerprint density at radius 2 is 1.69 bits per heavy atom. The van der Waals surface area contributed by atoms with Crippen molar-refractivity contribution >= 4 is 26.7 Å². The molecular formula is C22H24N2O4S. The zero-order valence-corrected chi connectivity index (χ0v) is 17.2. The molecule has 152 valence electrons. The van der Waals surface area contributed by atoms with Gasteiger partial charge in [-0.15, -0.1) is 0 Å². The van der Waals surface area contributed by atoms with Crippen molar-refractivity contribution in [1.82, 2.24) is 10.0 Å². The van der Waals surface area contributed by atoms with E-state index in [4.69, 9.17) is 4.74 Å². The van der Waals surface area contributed by atoms with Crippen molar-refractivity contribution in [3.8, 4) is 5.75 Å². The fourth-order valence-corrected chi connectivity index (χ4v) is 4.19. The predicted molar refractivity (Wildman–Crippen MR) is 113 cm³/mol. The highest BCUT2D eigenvalue weighted by Gasteiger charge is 2.16. The highest BCUT2D eigenvalue weighted by molar-refractivity contribution is 7.89. The fraction of sp³-hybridized carbons (Fsp3) is 0.227. The average Bonchev–Trinajstić information content (AvgIpc) is 2.73. The molecular weight excluding hydrogens is 388 g/mol. The van der Waals surface area contributed by atoms with E-state index in [0.717, 1.165) is 16.3 Å². The van der Waals surface area contributed by atoms with Crippen molar-refractivity contribution in [1.29, 1.82) is 0 Å². The van der Waals surface area contributed by atoms with Crippen LogP contribution in [-0.4, -0.2) is 28.0 Å². The number of carbonyl (C=O) groups is 1. The molecule has 0 aromatic heterocycles. The van der Waals surface area contributed by atoms with Crippen LogP contribution in [0, 0.1) is 0 Å². The number of amides is 1. The molecule has 0 saturated carbocycles. The lowest BCUT2D eigenvalue weighted by atomic mass is 9.99. The van der Waals surface area contributed by atoms with Crippen LogP contribution in [0.2, 0.25) is 0 Å². The highest BCUT2D eigenvalue weighted by Crippen LogP contribution is 2.24. The molecule has 0 spiro atoms. The van der Waals surface area contributed by atoms with Crippen molar-refractivity contribution < 1.29 is 17.9 Å². The van der Waals surface area contributed by atoms with E-state index in [0.29, 0.717) is 5.75 Å². The Hall–Kier alpha value is -2.90. The molecule has 3 rings (SSSR count). The Morgan fingerprint density at radius 3 is 2.41 bits per heavy atom. The van der Waals surface area contributed by atoms with E-state index in [2.05, 4.69) is 10.0 Å². The van der Waals surface area contributed by atoms with Crippen LogP contribution in [0.4, 0.5) is 0 Å². The maximum atomic E-state index is 12.3. The van der Waals surface area contributed by atoms with Gasteiger partial charge in [0, 0.05) is 13.0 Å². The number of sulfonamides is 1. The summed E-state index contributed by atoms with van der Waals surface area (Å²) in [6.45, 7) is 1.93. The molecule has 29 heavy (non-hydrogen) atoms. The summed E-state index contributed by atoms with van der Waals surface area (Å²) in [5.41, 5.74) is 1.02. The van der Waals surface area contributed by atoms with Gasteiger partial charge in [0.15, 0.2) is 0 Å². The number of benzene rings is 3. The molecule has 6 nitrogen and oxygen atoms in total. The quantitative estimate of drug-likeness (QED) is 0.594. The van der Waals surface area contributed by atoms with Crippen molar-refractivity contribution in [2.24, 2.45) is 0 Å². The van der Waals surface area contributed by atoms with Gasteiger partial charge >= 0.3 is 0 Å². The molecule has 0 bridgehead atoms. The summed E-state index contributed by atoms with van der Waals surface area (Å²) in [4.78, 5) is 12.4. The van der Waals surface area contributed by atoms with Crippen LogP contribution in [0.15, 0.2) is 71.6 Å². The third-order valence-corrected chi connectivity index (χ3v) is 6.16. The van der Waals surface area contributed by atoms with Gasteiger partial charge in [-0.3, -0.25) is 4.79 Å². The van der Waals surface area contributed by atoms with Crippen molar-refractivity contribution in [2.45, 2.75) is 24.3 Å². The van der Waals surface area contributed by atoms with E-state index in [-0.39, 0.29) is 29.8 Å². The maximum Gasteiger partial charge on any atom is 0.240 e. The molecule has 0 fully saturated rings.